The number of carbonyl (C=O) groups is 1. The molecule has 5 rings (SSSR count). The third-order valence-electron chi connectivity index (χ3n) is 7.02. The highest BCUT2D eigenvalue weighted by Crippen LogP contribution is 2.34. The van der Waals surface area contributed by atoms with E-state index in [1.165, 1.54) is 6.42 Å². The molecule has 1 N–H and O–H groups in total. The monoisotopic (exact) mass is 446 g/mol. The zero-order chi connectivity index (χ0) is 21.9. The highest BCUT2D eigenvalue weighted by molar-refractivity contribution is 5.76. The van der Waals surface area contributed by atoms with Gasteiger partial charge in [-0.25, -0.2) is 0 Å². The van der Waals surface area contributed by atoms with Crippen molar-refractivity contribution in [1.82, 2.24) is 9.80 Å². The van der Waals surface area contributed by atoms with Gasteiger partial charge < -0.3 is 29.0 Å². The summed E-state index contributed by atoms with van der Waals surface area (Å²) < 4.78 is 23.1. The van der Waals surface area contributed by atoms with Crippen LogP contribution in [0.25, 0.3) is 0 Å². The molecule has 1 aromatic carbocycles. The number of carbonyl (C=O) groups excluding carboxylic acids is 1. The van der Waals surface area contributed by atoms with Crippen molar-refractivity contribution in [2.24, 2.45) is 0 Å². The Kier molecular flexibility index (Phi) is 6.83. The number of fused-ring (bicyclic) bond motifs is 2. The second-order valence-corrected chi connectivity index (χ2v) is 9.40. The van der Waals surface area contributed by atoms with E-state index in [1.54, 1.807) is 0 Å². The first kappa shape index (κ1) is 21.9. The third-order valence-corrected chi connectivity index (χ3v) is 7.02. The van der Waals surface area contributed by atoms with Crippen LogP contribution in [0.15, 0.2) is 18.2 Å². The smallest absolute Gasteiger partial charge is 0.231 e. The Balaban J connectivity index is 1.24. The molecule has 0 saturated carbocycles. The van der Waals surface area contributed by atoms with Crippen molar-refractivity contribution in [2.45, 2.75) is 69.4 Å². The van der Waals surface area contributed by atoms with Crippen LogP contribution in [0.4, 0.5) is 0 Å². The lowest BCUT2D eigenvalue weighted by atomic mass is 9.94. The molecule has 0 unspecified atom stereocenters. The Morgan fingerprint density at radius 2 is 1.91 bits per heavy atom. The van der Waals surface area contributed by atoms with Crippen molar-refractivity contribution < 1.29 is 28.8 Å². The average Bonchev–Trinajstić information content (AvgIpc) is 3.26. The largest absolute Gasteiger partial charge is 0.454 e. The zero-order valence-corrected chi connectivity index (χ0v) is 18.6. The van der Waals surface area contributed by atoms with Gasteiger partial charge in [0.25, 0.3) is 0 Å². The Labute approximate surface area is 189 Å². The first-order valence-corrected chi connectivity index (χ1v) is 12.0. The summed E-state index contributed by atoms with van der Waals surface area (Å²) in [6.07, 6.45) is 4.93. The van der Waals surface area contributed by atoms with Gasteiger partial charge in [0.15, 0.2) is 11.5 Å². The summed E-state index contributed by atoms with van der Waals surface area (Å²) in [4.78, 5) is 17.0. The molecule has 4 aliphatic rings. The number of nitrogens with zero attached hydrogens (tertiary/aromatic N) is 2. The molecule has 0 bridgehead atoms. The van der Waals surface area contributed by atoms with E-state index in [0.717, 1.165) is 55.8 Å². The molecule has 8 nitrogen and oxygen atoms in total. The number of hydrogen-bond donors (Lipinski definition) is 1. The van der Waals surface area contributed by atoms with E-state index in [-0.39, 0.29) is 30.9 Å². The van der Waals surface area contributed by atoms with Gasteiger partial charge in [0, 0.05) is 32.2 Å². The van der Waals surface area contributed by atoms with E-state index in [0.29, 0.717) is 32.7 Å². The number of hydrogen-bond acceptors (Lipinski definition) is 7. The predicted molar refractivity (Wildman–Crippen MR) is 117 cm³/mol. The maximum atomic E-state index is 12.7. The first-order valence-electron chi connectivity index (χ1n) is 12.0. The zero-order valence-electron chi connectivity index (χ0n) is 18.6. The minimum absolute atomic E-state index is 0.0639. The molecule has 3 saturated heterocycles. The molecule has 0 aliphatic carbocycles. The molecular weight excluding hydrogens is 412 g/mol. The number of β-amino-alcohol motifs (C(OH)–C–C–N with tert-alkyl or cyclic N) is 1. The van der Waals surface area contributed by atoms with Crippen molar-refractivity contribution in [3.8, 4) is 11.5 Å². The fraction of sp³-hybridized carbons (Fsp3) is 0.708. The summed E-state index contributed by atoms with van der Waals surface area (Å²) in [7, 11) is 0. The number of rotatable bonds is 4. The first-order chi connectivity index (χ1) is 15.7. The number of benzene rings is 1. The summed E-state index contributed by atoms with van der Waals surface area (Å²) in [6.45, 7) is 3.96. The molecule has 1 aromatic rings. The Morgan fingerprint density at radius 1 is 1.06 bits per heavy atom. The molecule has 32 heavy (non-hydrogen) atoms. The molecule has 0 spiro atoms. The topological polar surface area (TPSA) is 80.7 Å². The summed E-state index contributed by atoms with van der Waals surface area (Å²) in [5, 5.41) is 10.4. The fourth-order valence-electron chi connectivity index (χ4n) is 5.37. The molecule has 176 valence electrons. The average molecular weight is 447 g/mol. The minimum atomic E-state index is -0.539. The number of amides is 1. The van der Waals surface area contributed by atoms with Gasteiger partial charge in [-0.2, -0.15) is 0 Å². The molecule has 1 amide bonds. The lowest BCUT2D eigenvalue weighted by Crippen LogP contribution is -2.55. The number of likely N-dealkylation sites (tertiary alicyclic amines) is 1. The van der Waals surface area contributed by atoms with Gasteiger partial charge in [0.05, 0.1) is 37.9 Å². The minimum Gasteiger partial charge on any atom is -0.454 e. The molecule has 4 aliphatic heterocycles. The molecule has 8 heteroatoms. The summed E-state index contributed by atoms with van der Waals surface area (Å²) in [5.74, 6) is 1.76. The second-order valence-electron chi connectivity index (χ2n) is 9.40. The van der Waals surface area contributed by atoms with Crippen LogP contribution in [0.3, 0.4) is 0 Å². The van der Waals surface area contributed by atoms with Crippen LogP contribution in [0.2, 0.25) is 0 Å². The molecule has 0 radical (unpaired) electrons. The lowest BCUT2D eigenvalue weighted by molar-refractivity contribution is -0.161. The number of aliphatic hydroxyl groups excluding tert-OH is 1. The van der Waals surface area contributed by atoms with Gasteiger partial charge in [-0.3, -0.25) is 9.69 Å². The van der Waals surface area contributed by atoms with Gasteiger partial charge in [0.2, 0.25) is 12.7 Å². The highest BCUT2D eigenvalue weighted by Gasteiger charge is 2.38. The van der Waals surface area contributed by atoms with Crippen molar-refractivity contribution in [3.05, 3.63) is 23.8 Å². The molecule has 4 atom stereocenters. The van der Waals surface area contributed by atoms with Crippen molar-refractivity contribution in [3.63, 3.8) is 0 Å². The van der Waals surface area contributed by atoms with Crippen LogP contribution in [-0.4, -0.2) is 84.8 Å². The molecule has 0 aromatic heterocycles. The second kappa shape index (κ2) is 9.95. The van der Waals surface area contributed by atoms with Crippen LogP contribution >= 0.6 is 0 Å². The fourth-order valence-corrected chi connectivity index (χ4v) is 5.37. The van der Waals surface area contributed by atoms with E-state index >= 15 is 0 Å². The number of aliphatic hydroxyl groups is 1. The van der Waals surface area contributed by atoms with Gasteiger partial charge in [-0.05, 0) is 49.8 Å². The van der Waals surface area contributed by atoms with Crippen LogP contribution in [0, 0.1) is 0 Å². The van der Waals surface area contributed by atoms with Crippen LogP contribution in [-0.2, 0) is 20.8 Å². The highest BCUT2D eigenvalue weighted by atomic mass is 16.7. The number of ether oxygens (including phenoxy) is 4. The Bertz CT molecular complexity index is 799. The SMILES string of the molecule is O=C(C[C@@H]1CC[C@@H]2[C@H](COC[C@H](O)CN2Cc2ccc3c(c2)OCO3)O1)N1CCCCC1. The van der Waals surface area contributed by atoms with Gasteiger partial charge in [-0.15, -0.1) is 0 Å². The third kappa shape index (κ3) is 5.03. The van der Waals surface area contributed by atoms with Crippen LogP contribution < -0.4 is 9.47 Å². The number of piperidine rings is 1. The van der Waals surface area contributed by atoms with Gasteiger partial charge in [0.1, 0.15) is 0 Å². The van der Waals surface area contributed by atoms with Crippen molar-refractivity contribution in [2.75, 3.05) is 39.6 Å². The van der Waals surface area contributed by atoms with E-state index in [1.807, 2.05) is 23.1 Å². The van der Waals surface area contributed by atoms with Crippen molar-refractivity contribution >= 4 is 5.91 Å². The maximum Gasteiger partial charge on any atom is 0.231 e. The summed E-state index contributed by atoms with van der Waals surface area (Å²) >= 11 is 0. The molecular formula is C24H34N2O6. The van der Waals surface area contributed by atoms with E-state index in [4.69, 9.17) is 18.9 Å². The predicted octanol–water partition coefficient (Wildman–Crippen LogP) is 1.93. The van der Waals surface area contributed by atoms with Crippen LogP contribution in [0.1, 0.15) is 44.1 Å². The van der Waals surface area contributed by atoms with Crippen molar-refractivity contribution in [1.29, 1.82) is 0 Å². The van der Waals surface area contributed by atoms with Gasteiger partial charge >= 0.3 is 0 Å². The van der Waals surface area contributed by atoms with E-state index in [2.05, 4.69) is 4.90 Å². The Hall–Kier alpha value is -1.87. The van der Waals surface area contributed by atoms with Crippen LogP contribution in [0.5, 0.6) is 11.5 Å². The molecule has 3 fully saturated rings. The quantitative estimate of drug-likeness (QED) is 0.757. The van der Waals surface area contributed by atoms with Gasteiger partial charge in [-0.1, -0.05) is 6.07 Å². The summed E-state index contributed by atoms with van der Waals surface area (Å²) in [6, 6.07) is 6.14. The van der Waals surface area contributed by atoms with E-state index < -0.39 is 6.10 Å². The Morgan fingerprint density at radius 3 is 2.78 bits per heavy atom. The standard InChI is InChI=1S/C24H34N2O6/c27-18-13-26(12-17-4-7-21-22(10-17)31-16-30-21)20-6-5-19(32-23(20)15-29-14-18)11-24(28)25-8-2-1-3-9-25/h4,7,10,18-20,23,27H,1-3,5-6,8-9,11-16H2/t18-,19+,20-,23+/m1/s1. The van der Waals surface area contributed by atoms with E-state index in [9.17, 15) is 9.90 Å². The molecule has 4 heterocycles. The lowest BCUT2D eigenvalue weighted by Gasteiger charge is -2.44. The maximum absolute atomic E-state index is 12.7. The summed E-state index contributed by atoms with van der Waals surface area (Å²) in [5.41, 5.74) is 1.11. The normalized spacial score (nSPS) is 31.0.